The second kappa shape index (κ2) is 6.04. The van der Waals surface area contributed by atoms with Crippen molar-refractivity contribution in [2.45, 2.75) is 52.0 Å². The number of aromatic nitrogens is 3. The number of fused-ring (bicyclic) bond motifs is 1. The molecule has 1 atom stereocenters. The van der Waals surface area contributed by atoms with Crippen LogP contribution < -0.4 is 0 Å². The first kappa shape index (κ1) is 15.4. The van der Waals surface area contributed by atoms with Crippen LogP contribution in [0.3, 0.4) is 0 Å². The standard InChI is InChI=1S/C19H24N4O/c1-13-20-14(2)23(21-13)18-7-4-10-22(12-18)19(24)17-9-8-15-5-3-6-16(15)11-17/h8-9,11,18H,3-7,10,12H2,1-2H3/t18-/m1/s1. The van der Waals surface area contributed by atoms with E-state index in [1.54, 1.807) is 0 Å². The molecule has 5 heteroatoms. The number of likely N-dealkylation sites (tertiary alicyclic amines) is 1. The first-order valence-electron chi connectivity index (χ1n) is 8.92. The third-order valence-corrected chi connectivity index (χ3v) is 5.28. The van der Waals surface area contributed by atoms with Crippen molar-refractivity contribution in [3.63, 3.8) is 0 Å². The number of piperidine rings is 1. The van der Waals surface area contributed by atoms with Crippen molar-refractivity contribution in [3.8, 4) is 0 Å². The predicted molar refractivity (Wildman–Crippen MR) is 92.1 cm³/mol. The second-order valence-corrected chi connectivity index (χ2v) is 7.04. The van der Waals surface area contributed by atoms with Crippen LogP contribution in [0.5, 0.6) is 0 Å². The SMILES string of the molecule is Cc1nc(C)n([C@@H]2CCCN(C(=O)c3ccc4c(c3)CCC4)C2)n1. The Morgan fingerprint density at radius 3 is 2.79 bits per heavy atom. The van der Waals surface area contributed by atoms with Gasteiger partial charge in [0.1, 0.15) is 11.6 Å². The number of amides is 1. The van der Waals surface area contributed by atoms with Crippen molar-refractivity contribution < 1.29 is 4.79 Å². The van der Waals surface area contributed by atoms with Gasteiger partial charge in [-0.25, -0.2) is 9.67 Å². The highest BCUT2D eigenvalue weighted by Gasteiger charge is 2.27. The lowest BCUT2D eigenvalue weighted by Crippen LogP contribution is -2.41. The lowest BCUT2D eigenvalue weighted by Gasteiger charge is -2.33. The Morgan fingerprint density at radius 2 is 2.00 bits per heavy atom. The summed E-state index contributed by atoms with van der Waals surface area (Å²) in [6.45, 7) is 5.46. The molecule has 0 radical (unpaired) electrons. The van der Waals surface area contributed by atoms with Crippen molar-refractivity contribution in [2.75, 3.05) is 13.1 Å². The van der Waals surface area contributed by atoms with Crippen molar-refractivity contribution >= 4 is 5.91 Å². The highest BCUT2D eigenvalue weighted by atomic mass is 16.2. The quantitative estimate of drug-likeness (QED) is 0.853. The van der Waals surface area contributed by atoms with Crippen LogP contribution in [0.4, 0.5) is 0 Å². The van der Waals surface area contributed by atoms with E-state index in [0.29, 0.717) is 0 Å². The summed E-state index contributed by atoms with van der Waals surface area (Å²) < 4.78 is 2.00. The average Bonchev–Trinajstić information content (AvgIpc) is 3.19. The van der Waals surface area contributed by atoms with Crippen molar-refractivity contribution in [3.05, 3.63) is 46.5 Å². The first-order valence-corrected chi connectivity index (χ1v) is 8.92. The number of nitrogens with zero attached hydrogens (tertiary/aromatic N) is 4. The summed E-state index contributed by atoms with van der Waals surface area (Å²) in [5.74, 6) is 1.89. The van der Waals surface area contributed by atoms with Crippen LogP contribution in [0.15, 0.2) is 18.2 Å². The Bertz CT molecular complexity index is 780. The Labute approximate surface area is 142 Å². The summed E-state index contributed by atoms with van der Waals surface area (Å²) in [6, 6.07) is 6.49. The monoisotopic (exact) mass is 324 g/mol. The minimum absolute atomic E-state index is 0.156. The van der Waals surface area contributed by atoms with Gasteiger partial charge in [0, 0.05) is 18.7 Å². The van der Waals surface area contributed by atoms with Gasteiger partial charge in [-0.3, -0.25) is 4.79 Å². The van der Waals surface area contributed by atoms with Crippen LogP contribution >= 0.6 is 0 Å². The molecule has 0 spiro atoms. The van der Waals surface area contributed by atoms with Gasteiger partial charge in [0.25, 0.3) is 5.91 Å². The fourth-order valence-electron chi connectivity index (χ4n) is 4.11. The molecule has 1 amide bonds. The minimum Gasteiger partial charge on any atom is -0.337 e. The fraction of sp³-hybridized carbons (Fsp3) is 0.526. The van der Waals surface area contributed by atoms with E-state index in [1.807, 2.05) is 29.5 Å². The lowest BCUT2D eigenvalue weighted by atomic mass is 10.0. The van der Waals surface area contributed by atoms with E-state index < -0.39 is 0 Å². The summed E-state index contributed by atoms with van der Waals surface area (Å²) in [5.41, 5.74) is 3.61. The van der Waals surface area contributed by atoms with Crippen molar-refractivity contribution in [1.82, 2.24) is 19.7 Å². The second-order valence-electron chi connectivity index (χ2n) is 7.04. The molecule has 4 rings (SSSR count). The summed E-state index contributed by atoms with van der Waals surface area (Å²) in [6.07, 6.45) is 5.54. The Kier molecular flexibility index (Phi) is 3.87. The van der Waals surface area contributed by atoms with E-state index in [4.69, 9.17) is 0 Å². The number of rotatable bonds is 2. The van der Waals surface area contributed by atoms with Gasteiger partial charge >= 0.3 is 0 Å². The van der Waals surface area contributed by atoms with E-state index in [9.17, 15) is 4.79 Å². The zero-order valence-corrected chi connectivity index (χ0v) is 14.5. The van der Waals surface area contributed by atoms with Gasteiger partial charge in [-0.1, -0.05) is 6.07 Å². The van der Waals surface area contributed by atoms with Gasteiger partial charge in [-0.2, -0.15) is 5.10 Å². The predicted octanol–water partition coefficient (Wildman–Crippen LogP) is 2.86. The molecular weight excluding hydrogens is 300 g/mol. The summed E-state index contributed by atoms with van der Waals surface area (Å²) in [4.78, 5) is 19.3. The van der Waals surface area contributed by atoms with Gasteiger partial charge < -0.3 is 4.90 Å². The Hall–Kier alpha value is -2.17. The smallest absolute Gasteiger partial charge is 0.253 e. The van der Waals surface area contributed by atoms with Gasteiger partial charge in [0.05, 0.1) is 6.04 Å². The summed E-state index contributed by atoms with van der Waals surface area (Å²) >= 11 is 0. The molecule has 2 aromatic rings. The fourth-order valence-corrected chi connectivity index (χ4v) is 4.11. The summed E-state index contributed by atoms with van der Waals surface area (Å²) in [7, 11) is 0. The van der Waals surface area contributed by atoms with Gasteiger partial charge in [-0.15, -0.1) is 0 Å². The van der Waals surface area contributed by atoms with Crippen molar-refractivity contribution in [1.29, 1.82) is 0 Å². The maximum atomic E-state index is 12.9. The molecule has 126 valence electrons. The first-order chi connectivity index (χ1) is 11.6. The van der Waals surface area contributed by atoms with E-state index in [-0.39, 0.29) is 11.9 Å². The lowest BCUT2D eigenvalue weighted by molar-refractivity contribution is 0.0671. The maximum Gasteiger partial charge on any atom is 0.253 e. The van der Waals surface area contributed by atoms with Crippen LogP contribution in [0.2, 0.25) is 0 Å². The third-order valence-electron chi connectivity index (χ3n) is 5.28. The molecule has 1 aromatic carbocycles. The molecule has 1 aliphatic carbocycles. The molecule has 1 fully saturated rings. The topological polar surface area (TPSA) is 51.0 Å². The van der Waals surface area contributed by atoms with Crippen LogP contribution in [-0.2, 0) is 12.8 Å². The molecule has 0 bridgehead atoms. The molecule has 0 N–H and O–H groups in total. The minimum atomic E-state index is 0.156. The van der Waals surface area contributed by atoms with E-state index in [2.05, 4.69) is 22.2 Å². The molecule has 2 aliphatic rings. The third kappa shape index (κ3) is 2.72. The van der Waals surface area contributed by atoms with Gasteiger partial charge in [0.15, 0.2) is 0 Å². The highest BCUT2D eigenvalue weighted by molar-refractivity contribution is 5.94. The van der Waals surface area contributed by atoms with Gasteiger partial charge in [0.2, 0.25) is 0 Å². The van der Waals surface area contributed by atoms with Crippen molar-refractivity contribution in [2.24, 2.45) is 0 Å². The molecule has 0 unspecified atom stereocenters. The number of carbonyl (C=O) groups is 1. The van der Waals surface area contributed by atoms with Crippen LogP contribution in [0.25, 0.3) is 0 Å². The zero-order valence-electron chi connectivity index (χ0n) is 14.5. The molecule has 2 heterocycles. The maximum absolute atomic E-state index is 12.9. The van der Waals surface area contributed by atoms with Crippen LogP contribution in [0, 0.1) is 13.8 Å². The molecular formula is C19H24N4O. The van der Waals surface area contributed by atoms with Gasteiger partial charge in [-0.05, 0) is 69.2 Å². The normalized spacial score (nSPS) is 20.2. The molecule has 24 heavy (non-hydrogen) atoms. The molecule has 5 nitrogen and oxygen atoms in total. The van der Waals surface area contributed by atoms with Crippen LogP contribution in [-0.4, -0.2) is 38.7 Å². The number of carbonyl (C=O) groups excluding carboxylic acids is 1. The summed E-state index contributed by atoms with van der Waals surface area (Å²) in [5, 5.41) is 4.52. The number of hydrogen-bond acceptors (Lipinski definition) is 3. The van der Waals surface area contributed by atoms with Crippen LogP contribution in [0.1, 0.15) is 58.4 Å². The highest BCUT2D eigenvalue weighted by Crippen LogP contribution is 2.26. The van der Waals surface area contributed by atoms with E-state index >= 15 is 0 Å². The Balaban J connectivity index is 1.53. The number of benzene rings is 1. The van der Waals surface area contributed by atoms with E-state index in [1.165, 1.54) is 17.5 Å². The number of aryl methyl sites for hydroxylation is 4. The van der Waals surface area contributed by atoms with E-state index in [0.717, 1.165) is 56.0 Å². The Morgan fingerprint density at radius 1 is 1.17 bits per heavy atom. The molecule has 1 aliphatic heterocycles. The largest absolute Gasteiger partial charge is 0.337 e. The average molecular weight is 324 g/mol. The molecule has 1 aromatic heterocycles. The zero-order chi connectivity index (χ0) is 16.7. The molecule has 1 saturated heterocycles. The molecule has 0 saturated carbocycles. The number of hydrogen-bond donors (Lipinski definition) is 0.